The summed E-state index contributed by atoms with van der Waals surface area (Å²) < 4.78 is 59.1. The summed E-state index contributed by atoms with van der Waals surface area (Å²) in [7, 11) is -8.04. The molecule has 2 saturated heterocycles. The van der Waals surface area contributed by atoms with Gasteiger partial charge in [-0.05, 0) is 61.9 Å². The SMILES string of the molecule is Cc1ccc(S(=O)(=O)O)cc1.Cc1ccc(S(=O)(=O)O)cc1.c1cc(-c2cncc(N3C[C@@H]4CN[C@@H]4C3)c2)c2cc[nH]c2c1. The van der Waals surface area contributed by atoms with E-state index in [-0.39, 0.29) is 9.79 Å². The zero-order valence-corrected chi connectivity index (χ0v) is 25.9. The van der Waals surface area contributed by atoms with Gasteiger partial charge >= 0.3 is 0 Å². The van der Waals surface area contributed by atoms with Gasteiger partial charge in [-0.25, -0.2) is 0 Å². The number of nitrogens with one attached hydrogen (secondary N) is 2. The van der Waals surface area contributed by atoms with Crippen LogP contribution in [0.25, 0.3) is 22.0 Å². The standard InChI is InChI=1S/C18H18N4.2C7H8O3S/c1-2-15(16-4-5-20-17(16)3-1)12-6-14(9-19-7-12)22-10-13-8-21-18(13)11-22;2*1-6-2-4-7(5-3-6)11(8,9)10/h1-7,9,13,18,20-21H,8,10-11H2;2*2-5H,1H3,(H,8,9,10)/t13-,18+;;/m0../s1. The van der Waals surface area contributed by atoms with Crippen LogP contribution in [0.5, 0.6) is 0 Å². The first-order chi connectivity index (χ1) is 20.9. The number of fused-ring (bicyclic) bond motifs is 2. The van der Waals surface area contributed by atoms with E-state index in [4.69, 9.17) is 9.11 Å². The molecule has 5 aromatic rings. The molecule has 230 valence electrons. The van der Waals surface area contributed by atoms with Crippen LogP contribution in [-0.2, 0) is 20.2 Å². The number of aromatic amines is 1. The highest BCUT2D eigenvalue weighted by Gasteiger charge is 2.39. The van der Waals surface area contributed by atoms with Crippen LogP contribution in [0.2, 0.25) is 0 Å². The van der Waals surface area contributed by atoms with Crippen molar-refractivity contribution in [2.24, 2.45) is 5.92 Å². The van der Waals surface area contributed by atoms with Crippen molar-refractivity contribution >= 4 is 36.8 Å². The predicted molar refractivity (Wildman–Crippen MR) is 171 cm³/mol. The Kier molecular flexibility index (Phi) is 9.18. The molecule has 0 radical (unpaired) electrons. The third kappa shape index (κ3) is 7.52. The number of aromatic nitrogens is 2. The number of rotatable bonds is 4. The Hall–Kier alpha value is -4.07. The fourth-order valence-electron chi connectivity index (χ4n) is 5.17. The van der Waals surface area contributed by atoms with Crippen LogP contribution in [0.4, 0.5) is 5.69 Å². The first-order valence-electron chi connectivity index (χ1n) is 14.0. The Morgan fingerprint density at radius 1 is 0.795 bits per heavy atom. The Bertz CT molecular complexity index is 1870. The summed E-state index contributed by atoms with van der Waals surface area (Å²) in [6.07, 6.45) is 5.95. The molecule has 4 heterocycles. The van der Waals surface area contributed by atoms with Crippen molar-refractivity contribution in [1.82, 2.24) is 15.3 Å². The van der Waals surface area contributed by atoms with Gasteiger partial charge in [0.15, 0.2) is 0 Å². The second kappa shape index (κ2) is 12.9. The molecule has 2 aromatic heterocycles. The fourth-order valence-corrected chi connectivity index (χ4v) is 6.13. The van der Waals surface area contributed by atoms with Gasteiger partial charge in [0.2, 0.25) is 0 Å². The Balaban J connectivity index is 0.000000148. The molecule has 0 unspecified atom stereocenters. The van der Waals surface area contributed by atoms with E-state index < -0.39 is 20.2 Å². The van der Waals surface area contributed by atoms with Crippen molar-refractivity contribution in [2.45, 2.75) is 29.7 Å². The number of H-pyrrole nitrogens is 1. The number of nitrogens with zero attached hydrogens (tertiary/aromatic N) is 2. The molecule has 7 rings (SSSR count). The predicted octanol–water partition coefficient (Wildman–Crippen LogP) is 5.12. The van der Waals surface area contributed by atoms with Crippen molar-refractivity contribution in [1.29, 1.82) is 0 Å². The zero-order chi connectivity index (χ0) is 31.5. The minimum Gasteiger partial charge on any atom is -0.368 e. The lowest BCUT2D eigenvalue weighted by molar-refractivity contribution is 0.297. The maximum absolute atomic E-state index is 10.5. The summed E-state index contributed by atoms with van der Waals surface area (Å²) in [6.45, 7) is 7.10. The van der Waals surface area contributed by atoms with Crippen molar-refractivity contribution in [3.63, 3.8) is 0 Å². The number of benzene rings is 3. The highest BCUT2D eigenvalue weighted by Crippen LogP contribution is 2.33. The van der Waals surface area contributed by atoms with E-state index in [1.807, 2.05) is 32.4 Å². The van der Waals surface area contributed by atoms with Crippen molar-refractivity contribution in [3.8, 4) is 11.1 Å². The number of pyridine rings is 1. The van der Waals surface area contributed by atoms with Gasteiger partial charge in [0.25, 0.3) is 20.2 Å². The summed E-state index contributed by atoms with van der Waals surface area (Å²) in [5, 5.41) is 4.76. The lowest BCUT2D eigenvalue weighted by atomic mass is 9.96. The average Bonchev–Trinajstić information content (AvgIpc) is 3.57. The molecule has 44 heavy (non-hydrogen) atoms. The zero-order valence-electron chi connectivity index (χ0n) is 24.3. The highest BCUT2D eigenvalue weighted by atomic mass is 32.2. The van der Waals surface area contributed by atoms with Crippen molar-refractivity contribution < 1.29 is 25.9 Å². The topological polar surface area (TPSA) is 153 Å². The molecule has 2 aliphatic rings. The van der Waals surface area contributed by atoms with Gasteiger partial charge in [-0.3, -0.25) is 14.1 Å². The maximum Gasteiger partial charge on any atom is 0.294 e. The van der Waals surface area contributed by atoms with E-state index in [1.165, 1.54) is 52.0 Å². The first kappa shape index (κ1) is 31.4. The molecule has 0 bridgehead atoms. The lowest BCUT2D eigenvalue weighted by Gasteiger charge is -2.29. The molecule has 0 amide bonds. The molecule has 2 fully saturated rings. The van der Waals surface area contributed by atoms with Gasteiger partial charge in [0.1, 0.15) is 0 Å². The monoisotopic (exact) mass is 634 g/mol. The van der Waals surface area contributed by atoms with Gasteiger partial charge in [-0.2, -0.15) is 16.8 Å². The summed E-state index contributed by atoms with van der Waals surface area (Å²) >= 11 is 0. The van der Waals surface area contributed by atoms with E-state index >= 15 is 0 Å². The van der Waals surface area contributed by atoms with Crippen LogP contribution in [0, 0.1) is 19.8 Å². The minimum atomic E-state index is -4.02. The molecular formula is C32H34N4O6S2. The summed E-state index contributed by atoms with van der Waals surface area (Å²) in [6, 6.07) is 23.4. The lowest BCUT2D eigenvalue weighted by Crippen LogP contribution is -2.51. The number of hydrogen-bond acceptors (Lipinski definition) is 7. The molecule has 0 spiro atoms. The third-order valence-electron chi connectivity index (χ3n) is 7.72. The van der Waals surface area contributed by atoms with E-state index in [1.54, 1.807) is 24.3 Å². The molecule has 4 N–H and O–H groups in total. The maximum atomic E-state index is 10.5. The molecule has 0 saturated carbocycles. The number of aryl methyl sites for hydroxylation is 2. The molecule has 3 aromatic carbocycles. The summed E-state index contributed by atoms with van der Waals surface area (Å²) in [5.41, 5.74) is 6.76. The van der Waals surface area contributed by atoms with E-state index in [0.29, 0.717) is 6.04 Å². The number of hydrogen-bond donors (Lipinski definition) is 4. The van der Waals surface area contributed by atoms with Gasteiger partial charge in [-0.1, -0.05) is 47.5 Å². The van der Waals surface area contributed by atoms with Crippen molar-refractivity contribution in [3.05, 3.63) is 109 Å². The first-order valence-corrected chi connectivity index (χ1v) is 16.8. The van der Waals surface area contributed by atoms with Crippen LogP contribution >= 0.6 is 0 Å². The van der Waals surface area contributed by atoms with E-state index in [9.17, 15) is 16.8 Å². The van der Waals surface area contributed by atoms with Crippen molar-refractivity contribution in [2.75, 3.05) is 24.5 Å². The summed E-state index contributed by atoms with van der Waals surface area (Å²) in [5.74, 6) is 0.816. The van der Waals surface area contributed by atoms with Gasteiger partial charge < -0.3 is 15.2 Å². The smallest absolute Gasteiger partial charge is 0.294 e. The summed E-state index contributed by atoms with van der Waals surface area (Å²) in [4.78, 5) is 10.1. The third-order valence-corrected chi connectivity index (χ3v) is 9.45. The van der Waals surface area contributed by atoms with E-state index in [0.717, 1.165) is 36.7 Å². The van der Waals surface area contributed by atoms with Crippen LogP contribution in [0.15, 0.2) is 107 Å². The highest BCUT2D eigenvalue weighted by molar-refractivity contribution is 7.86. The number of anilines is 1. The van der Waals surface area contributed by atoms with Crippen LogP contribution in [0.1, 0.15) is 11.1 Å². The largest absolute Gasteiger partial charge is 0.368 e. The second-order valence-electron chi connectivity index (χ2n) is 10.9. The molecule has 0 aliphatic carbocycles. The average molecular weight is 635 g/mol. The fraction of sp³-hybridized carbons (Fsp3) is 0.219. The normalized spacial score (nSPS) is 17.5. The van der Waals surface area contributed by atoms with Crippen LogP contribution < -0.4 is 10.2 Å². The Morgan fingerprint density at radius 2 is 1.41 bits per heavy atom. The molecular weight excluding hydrogens is 601 g/mol. The van der Waals surface area contributed by atoms with Crippen LogP contribution in [0.3, 0.4) is 0 Å². The second-order valence-corrected chi connectivity index (χ2v) is 13.8. The van der Waals surface area contributed by atoms with Gasteiger partial charge in [0.05, 0.1) is 21.7 Å². The molecule has 2 aliphatic heterocycles. The molecule has 12 heteroatoms. The molecule has 10 nitrogen and oxygen atoms in total. The van der Waals surface area contributed by atoms with Gasteiger partial charge in [0, 0.05) is 60.5 Å². The minimum absolute atomic E-state index is 0.0666. The Morgan fingerprint density at radius 3 is 1.91 bits per heavy atom. The van der Waals surface area contributed by atoms with E-state index in [2.05, 4.69) is 50.5 Å². The quantitative estimate of drug-likeness (QED) is 0.197. The molecule has 2 atom stereocenters. The van der Waals surface area contributed by atoms with Gasteiger partial charge in [-0.15, -0.1) is 0 Å². The Labute approximate surface area is 257 Å². The van der Waals surface area contributed by atoms with Crippen LogP contribution in [-0.4, -0.2) is 61.6 Å².